The molecule has 0 aromatic heterocycles. The monoisotopic (exact) mass is 742 g/mol. The molecule has 0 bridgehead atoms. The third-order valence-electron chi connectivity index (χ3n) is 10.5. The Morgan fingerprint density at radius 1 is 0.765 bits per heavy atom. The lowest BCUT2D eigenvalue weighted by Crippen LogP contribution is -2.60. The van der Waals surface area contributed by atoms with Crippen molar-refractivity contribution < 1.29 is 85.1 Å². The van der Waals surface area contributed by atoms with Gasteiger partial charge in [-0.15, -0.1) is 0 Å². The van der Waals surface area contributed by atoms with Gasteiger partial charge in [-0.25, -0.2) is 0 Å². The Labute approximate surface area is 298 Å². The molecule has 2 heterocycles. The van der Waals surface area contributed by atoms with Crippen LogP contribution in [0, 0.1) is 17.8 Å². The van der Waals surface area contributed by atoms with Gasteiger partial charge in [-0.1, -0.05) is 20.8 Å². The summed E-state index contributed by atoms with van der Waals surface area (Å²) in [5.41, 5.74) is 0. The maximum Gasteiger partial charge on any atom is 0.186 e. The minimum atomic E-state index is -1.80. The van der Waals surface area contributed by atoms with E-state index in [9.17, 15) is 70.9 Å². The summed E-state index contributed by atoms with van der Waals surface area (Å²) in [6.07, 6.45) is -20.5. The van der Waals surface area contributed by atoms with E-state index in [0.29, 0.717) is 12.7 Å². The van der Waals surface area contributed by atoms with Crippen molar-refractivity contribution in [3.05, 3.63) is 0 Å². The molecule has 12 N–H and O–H groups in total. The molecule has 2 fully saturated rings. The van der Waals surface area contributed by atoms with Crippen molar-refractivity contribution in [3.8, 4) is 0 Å². The Hall–Kier alpha value is -1.26. The molecule has 1 unspecified atom stereocenters. The van der Waals surface area contributed by atoms with Crippen LogP contribution in [0.25, 0.3) is 0 Å². The molecule has 2 saturated heterocycles. The second kappa shape index (κ2) is 21.6. The van der Waals surface area contributed by atoms with Crippen LogP contribution in [0.4, 0.5) is 0 Å². The first-order valence-electron chi connectivity index (χ1n) is 17.8. The molecular weight excluding hydrogens is 680 g/mol. The highest BCUT2D eigenvalue weighted by molar-refractivity contribution is 5.80. The van der Waals surface area contributed by atoms with E-state index < -0.39 is 122 Å². The Balaban J connectivity index is 1.98. The van der Waals surface area contributed by atoms with Gasteiger partial charge in [0.2, 0.25) is 0 Å². The summed E-state index contributed by atoms with van der Waals surface area (Å²) in [6, 6.07) is 0. The van der Waals surface area contributed by atoms with E-state index in [1.165, 1.54) is 13.8 Å². The molecule has 2 aliphatic rings. The quantitative estimate of drug-likeness (QED) is 0.0482. The normalized spacial score (nSPS) is 33.9. The van der Waals surface area contributed by atoms with Gasteiger partial charge in [-0.3, -0.25) is 4.79 Å². The van der Waals surface area contributed by atoms with Gasteiger partial charge in [0, 0.05) is 37.5 Å². The lowest BCUT2D eigenvalue weighted by molar-refractivity contribution is -0.317. The predicted molar refractivity (Wildman–Crippen MR) is 177 cm³/mol. The van der Waals surface area contributed by atoms with Crippen molar-refractivity contribution in [3.63, 3.8) is 0 Å². The van der Waals surface area contributed by atoms with E-state index in [1.54, 1.807) is 0 Å². The van der Waals surface area contributed by atoms with Crippen molar-refractivity contribution in [2.75, 3.05) is 6.61 Å². The maximum atomic E-state index is 11.9. The smallest absolute Gasteiger partial charge is 0.186 e. The predicted octanol–water partition coefficient (Wildman–Crippen LogP) is -3.36. The SMILES string of the molecule is CC(=O)[C@@H](O)[C@@H](C)[C@@H](C[C@@H](O)[C@@H](C)[C@H](O)C[C@@H](O)C[C@H](O)[C@@H](O)C(O)C[C@H]1O[C@@H](C[C@@H](O)CC=O)CC[C@@H]1C)O[C@@H]1O[C@H](CO)[C@@H](O)[C@H](O)[C@@H]1O. The summed E-state index contributed by atoms with van der Waals surface area (Å²) < 4.78 is 17.2. The zero-order valence-corrected chi connectivity index (χ0v) is 29.8. The Morgan fingerprint density at radius 3 is 1.96 bits per heavy atom. The molecule has 17 nitrogen and oxygen atoms in total. The van der Waals surface area contributed by atoms with Crippen LogP contribution in [0.15, 0.2) is 0 Å². The van der Waals surface area contributed by atoms with Crippen LogP contribution in [0.2, 0.25) is 0 Å². The first-order valence-corrected chi connectivity index (χ1v) is 17.8. The minimum Gasteiger partial charge on any atom is -0.394 e. The van der Waals surface area contributed by atoms with Gasteiger partial charge in [-0.05, 0) is 38.5 Å². The largest absolute Gasteiger partial charge is 0.394 e. The molecule has 0 aliphatic carbocycles. The van der Waals surface area contributed by atoms with Crippen molar-refractivity contribution in [1.29, 1.82) is 0 Å². The molecule has 300 valence electrons. The number of carbonyl (C=O) groups is 2. The van der Waals surface area contributed by atoms with Crippen molar-refractivity contribution >= 4 is 12.1 Å². The summed E-state index contributed by atoms with van der Waals surface area (Å²) >= 11 is 0. The van der Waals surface area contributed by atoms with Crippen LogP contribution in [0.3, 0.4) is 0 Å². The third-order valence-corrected chi connectivity index (χ3v) is 10.5. The van der Waals surface area contributed by atoms with Crippen LogP contribution < -0.4 is 0 Å². The fourth-order valence-corrected chi connectivity index (χ4v) is 6.73. The molecule has 51 heavy (non-hydrogen) atoms. The van der Waals surface area contributed by atoms with Crippen molar-refractivity contribution in [2.24, 2.45) is 17.8 Å². The van der Waals surface area contributed by atoms with Crippen LogP contribution in [0.5, 0.6) is 0 Å². The summed E-state index contributed by atoms with van der Waals surface area (Å²) in [5.74, 6) is -2.60. The molecule has 2 rings (SSSR count). The highest BCUT2D eigenvalue weighted by atomic mass is 16.7. The lowest BCUT2D eigenvalue weighted by Gasteiger charge is -2.42. The number of aliphatic hydroxyl groups excluding tert-OH is 12. The minimum absolute atomic E-state index is 0.00743. The fourth-order valence-electron chi connectivity index (χ4n) is 6.73. The number of hydrogen-bond acceptors (Lipinski definition) is 17. The Kier molecular flexibility index (Phi) is 19.4. The molecule has 0 aromatic rings. The first kappa shape index (κ1) is 45.9. The van der Waals surface area contributed by atoms with Crippen molar-refractivity contribution in [2.45, 2.75) is 177 Å². The van der Waals surface area contributed by atoms with E-state index in [1.807, 2.05) is 6.92 Å². The highest BCUT2D eigenvalue weighted by Gasteiger charge is 2.46. The van der Waals surface area contributed by atoms with Crippen LogP contribution >= 0.6 is 0 Å². The summed E-state index contributed by atoms with van der Waals surface area (Å²) in [4.78, 5) is 22.6. The number of Topliss-reactive ketones (excluding diaryl/α,β-unsaturated/α-hetero) is 1. The summed E-state index contributed by atoms with van der Waals surface area (Å²) in [6.45, 7) is 5.19. The third kappa shape index (κ3) is 13.5. The molecule has 17 heteroatoms. The van der Waals surface area contributed by atoms with E-state index in [-0.39, 0.29) is 44.1 Å². The number of hydrogen-bond donors (Lipinski definition) is 12. The van der Waals surface area contributed by atoms with Gasteiger partial charge < -0.3 is 80.3 Å². The van der Waals surface area contributed by atoms with Crippen LogP contribution in [0.1, 0.15) is 79.1 Å². The van der Waals surface area contributed by atoms with Gasteiger partial charge in [-0.2, -0.15) is 0 Å². The molecule has 0 saturated carbocycles. The topological polar surface area (TPSA) is 305 Å². The molecular formula is C34H62O17. The molecule has 0 amide bonds. The zero-order chi connectivity index (χ0) is 38.7. The Bertz CT molecular complexity index is 1020. The van der Waals surface area contributed by atoms with Gasteiger partial charge in [0.25, 0.3) is 0 Å². The summed E-state index contributed by atoms with van der Waals surface area (Å²) in [7, 11) is 0. The summed E-state index contributed by atoms with van der Waals surface area (Å²) in [5, 5.41) is 125. The van der Waals surface area contributed by atoms with Crippen molar-refractivity contribution in [1.82, 2.24) is 0 Å². The molecule has 0 radical (unpaired) electrons. The van der Waals surface area contributed by atoms with E-state index in [4.69, 9.17) is 14.2 Å². The number of rotatable bonds is 22. The van der Waals surface area contributed by atoms with Gasteiger partial charge >= 0.3 is 0 Å². The van der Waals surface area contributed by atoms with Crippen LogP contribution in [-0.2, 0) is 23.8 Å². The Morgan fingerprint density at radius 2 is 1.37 bits per heavy atom. The highest BCUT2D eigenvalue weighted by Crippen LogP contribution is 2.32. The number of aliphatic hydroxyl groups is 12. The average molecular weight is 743 g/mol. The number of aldehydes is 1. The average Bonchev–Trinajstić information content (AvgIpc) is 3.07. The van der Waals surface area contributed by atoms with E-state index in [0.717, 1.165) is 13.3 Å². The second-order valence-electron chi connectivity index (χ2n) is 14.6. The van der Waals surface area contributed by atoms with Gasteiger partial charge in [0.15, 0.2) is 12.1 Å². The molecule has 19 atom stereocenters. The second-order valence-corrected chi connectivity index (χ2v) is 14.6. The zero-order valence-electron chi connectivity index (χ0n) is 29.8. The number of ether oxygens (including phenoxy) is 3. The first-order chi connectivity index (χ1) is 23.8. The molecule has 2 aliphatic heterocycles. The van der Waals surface area contributed by atoms with Gasteiger partial charge in [0.1, 0.15) is 42.9 Å². The standard InChI is InChI=1S/C34H62O17/c1-15-5-6-21(9-19(38)7-8-35)49-26(15)13-25(43)30(45)24(42)11-20(39)10-22(40)16(2)23(41)12-27(17(3)29(44)18(4)37)50-34-33(48)32(47)31(46)28(14-36)51-34/h8,15-17,19-34,36,38-48H,5-7,9-14H2,1-4H3/t15-,16-,17-,19-,20+,21+,22+,23+,24-,25?,26+,27+,28+,29-,30+,31+,32-,33-,34+/m0/s1. The van der Waals surface area contributed by atoms with E-state index >= 15 is 0 Å². The van der Waals surface area contributed by atoms with Gasteiger partial charge in [0.05, 0.1) is 61.5 Å². The number of carbonyl (C=O) groups excluding carboxylic acids is 2. The van der Waals surface area contributed by atoms with Crippen LogP contribution in [-0.4, -0.2) is 178 Å². The maximum absolute atomic E-state index is 11.9. The van der Waals surface area contributed by atoms with E-state index in [2.05, 4.69) is 0 Å². The fraction of sp³-hybridized carbons (Fsp3) is 0.941. The number of ketones is 1. The lowest BCUT2D eigenvalue weighted by atomic mass is 9.85. The molecule has 0 spiro atoms. The molecule has 0 aromatic carbocycles.